The van der Waals surface area contributed by atoms with Gasteiger partial charge in [0.1, 0.15) is 5.82 Å². The number of pyridine rings is 1. The van der Waals surface area contributed by atoms with Crippen LogP contribution in [0.5, 0.6) is 11.5 Å². The molecule has 0 spiro atoms. The number of aromatic nitrogens is 2. The summed E-state index contributed by atoms with van der Waals surface area (Å²) in [6.07, 6.45) is 1.82. The van der Waals surface area contributed by atoms with Crippen molar-refractivity contribution in [2.75, 3.05) is 9.80 Å². The zero-order valence-electron chi connectivity index (χ0n) is 38.8. The molecule has 0 radical (unpaired) electrons. The third kappa shape index (κ3) is 8.69. The molecule has 0 unspecified atom stereocenters. The summed E-state index contributed by atoms with van der Waals surface area (Å²) in [6.45, 7) is 14.9. The number of ether oxygens (including phenoxy) is 1. The molecule has 338 valence electrons. The van der Waals surface area contributed by atoms with E-state index in [9.17, 15) is 0 Å². The van der Waals surface area contributed by atoms with Crippen LogP contribution in [0.25, 0.3) is 49.9 Å². The van der Waals surface area contributed by atoms with Gasteiger partial charge in [0.15, 0.2) is 0 Å². The van der Waals surface area contributed by atoms with E-state index >= 15 is 0 Å². The molecule has 0 N–H and O–H groups in total. The molecule has 68 heavy (non-hydrogen) atoms. The molecule has 1 fully saturated rings. The first kappa shape index (κ1) is 45.4. The van der Waals surface area contributed by atoms with Crippen LogP contribution in [-0.4, -0.2) is 30.9 Å². The molecule has 0 atom stereocenters. The van der Waals surface area contributed by atoms with Crippen molar-refractivity contribution < 1.29 is 39.5 Å². The van der Waals surface area contributed by atoms with Gasteiger partial charge in [-0.3, -0.25) is 0 Å². The van der Waals surface area contributed by atoms with Crippen molar-refractivity contribution in [3.05, 3.63) is 195 Å². The third-order valence-electron chi connectivity index (χ3n) is 12.3. The summed E-state index contributed by atoms with van der Waals surface area (Å²) in [5.74, 6) is 1.94. The number of hydrogen-bond donors (Lipinski definition) is 0. The molecule has 2 aromatic heterocycles. The molecule has 12 heteroatoms. The van der Waals surface area contributed by atoms with Crippen molar-refractivity contribution in [2.24, 2.45) is 0 Å². The van der Waals surface area contributed by atoms with Crippen LogP contribution in [-0.2, 0) is 34.8 Å². The molecular formula is C56H48B3N4O4Pt-3. The van der Waals surface area contributed by atoms with E-state index in [0.29, 0.717) is 11.5 Å². The van der Waals surface area contributed by atoms with Crippen molar-refractivity contribution in [3.8, 4) is 39.6 Å². The maximum absolute atomic E-state index is 6.65. The maximum atomic E-state index is 6.65. The van der Waals surface area contributed by atoms with Gasteiger partial charge in [-0.15, -0.1) is 48.1 Å². The van der Waals surface area contributed by atoms with Crippen LogP contribution in [0.2, 0.25) is 10.6 Å². The number of fused-ring (bicyclic) bond motifs is 4. The zero-order valence-corrected chi connectivity index (χ0v) is 41.1. The normalized spacial score (nSPS) is 14.1. The van der Waals surface area contributed by atoms with Crippen LogP contribution in [0.15, 0.2) is 176 Å². The minimum Gasteiger partial charge on any atom is -0.509 e. The van der Waals surface area contributed by atoms with Gasteiger partial charge in [-0.1, -0.05) is 150 Å². The summed E-state index contributed by atoms with van der Waals surface area (Å²) in [5.41, 5.74) is 11.1. The van der Waals surface area contributed by atoms with Crippen molar-refractivity contribution in [2.45, 2.75) is 52.2 Å². The van der Waals surface area contributed by atoms with Crippen molar-refractivity contribution >= 4 is 71.4 Å². The standard InChI is InChI=1S/C56H48B3N4O4.Pt/c1-55(2,3)58-65-57(66-59(67-58)56(4,5)6)42-28-30-46(40-20-11-8-12-21-40)52(35-42)62-38-61(50-24-13-14-25-51(50)62)43-22-17-23-44(36-43)64-45-29-31-47-48-34-41(39-18-9-7-10-19-39)27-32-49(48)63(53(47)37-45)54-26-15-16-33-60-54;/h7-35,38H,1-6H3;/q-3;. The molecule has 2 aliphatic heterocycles. The molecule has 7 aromatic carbocycles. The first-order valence-corrected chi connectivity index (χ1v) is 22.8. The maximum Gasteiger partial charge on any atom is 0.466 e. The summed E-state index contributed by atoms with van der Waals surface area (Å²) in [6, 6.07) is 65.7. The van der Waals surface area contributed by atoms with Gasteiger partial charge in [-0.2, -0.15) is 12.1 Å². The minimum atomic E-state index is -0.644. The average molecular weight is 1070 g/mol. The van der Waals surface area contributed by atoms with Gasteiger partial charge in [-0.25, -0.2) is 4.98 Å². The van der Waals surface area contributed by atoms with Gasteiger partial charge in [0.25, 0.3) is 0 Å². The fourth-order valence-corrected chi connectivity index (χ4v) is 8.93. The predicted octanol–water partition coefficient (Wildman–Crippen LogP) is 13.6. The van der Waals surface area contributed by atoms with Gasteiger partial charge in [0.05, 0.1) is 0 Å². The molecule has 4 heterocycles. The Morgan fingerprint density at radius 3 is 1.90 bits per heavy atom. The summed E-state index contributed by atoms with van der Waals surface area (Å²) in [4.78, 5) is 9.16. The average Bonchev–Trinajstić information content (AvgIpc) is 3.90. The second-order valence-electron chi connectivity index (χ2n) is 19.3. The number of benzene rings is 7. The molecule has 8 nitrogen and oxygen atoms in total. The van der Waals surface area contributed by atoms with E-state index in [1.165, 1.54) is 0 Å². The first-order valence-electron chi connectivity index (χ1n) is 22.8. The summed E-state index contributed by atoms with van der Waals surface area (Å²) in [7, 11) is -1.58. The number of rotatable bonds is 8. The molecular weight excluding hydrogens is 1020 g/mol. The molecule has 2 aliphatic rings. The molecule has 0 amide bonds. The van der Waals surface area contributed by atoms with E-state index in [1.54, 1.807) is 0 Å². The number of hydrogen-bond acceptors (Lipinski definition) is 7. The topological polar surface area (TPSA) is 61.2 Å². The van der Waals surface area contributed by atoms with Crippen molar-refractivity contribution in [1.29, 1.82) is 0 Å². The second kappa shape index (κ2) is 18.3. The van der Waals surface area contributed by atoms with Gasteiger partial charge in [-0.05, 0) is 74.6 Å². The van der Waals surface area contributed by atoms with Crippen LogP contribution in [0.1, 0.15) is 41.5 Å². The van der Waals surface area contributed by atoms with Gasteiger partial charge in [0.2, 0.25) is 0 Å². The number of para-hydroxylation sites is 2. The Morgan fingerprint density at radius 1 is 0.544 bits per heavy atom. The Hall–Kier alpha value is -6.35. The Balaban J connectivity index is 0.00000539. The van der Waals surface area contributed by atoms with E-state index in [1.807, 2.05) is 54.7 Å². The van der Waals surface area contributed by atoms with Gasteiger partial charge in [0, 0.05) is 66.9 Å². The Morgan fingerprint density at radius 2 is 1.21 bits per heavy atom. The van der Waals surface area contributed by atoms with E-state index in [-0.39, 0.29) is 31.7 Å². The Kier molecular flexibility index (Phi) is 12.2. The summed E-state index contributed by atoms with van der Waals surface area (Å²) >= 11 is 0. The number of anilines is 4. The summed E-state index contributed by atoms with van der Waals surface area (Å²) < 4.78 is 28.5. The van der Waals surface area contributed by atoms with Crippen molar-refractivity contribution in [3.63, 3.8) is 0 Å². The van der Waals surface area contributed by atoms with E-state index in [2.05, 4.69) is 196 Å². The van der Waals surface area contributed by atoms with Crippen molar-refractivity contribution in [1.82, 2.24) is 9.55 Å². The second-order valence-corrected chi connectivity index (χ2v) is 19.3. The largest absolute Gasteiger partial charge is 0.509 e. The zero-order chi connectivity index (χ0) is 45.9. The molecule has 11 rings (SSSR count). The van der Waals surface area contributed by atoms with E-state index in [0.717, 1.165) is 78.1 Å². The van der Waals surface area contributed by atoms with Crippen LogP contribution >= 0.6 is 0 Å². The minimum absolute atomic E-state index is 0. The SMILES string of the molecule is CC(C)(C)B1OB(c2ccc(-c3ccccc3)c(N3[CH-]N(c4[c-]c(Oc5[c-]c6c(cc5)c5cc(-c7ccccc7)ccc5n6-c5ccccn5)ccc4)c4ccccc43)c2)OB(C(C)(C)C)O1.[Pt]. The van der Waals surface area contributed by atoms with E-state index in [4.69, 9.17) is 23.4 Å². The van der Waals surface area contributed by atoms with E-state index < -0.39 is 21.4 Å². The Bertz CT molecular complexity index is 3230. The van der Waals surface area contributed by atoms with Crippen LogP contribution in [0.4, 0.5) is 22.7 Å². The molecule has 0 saturated carbocycles. The van der Waals surface area contributed by atoms with Crippen LogP contribution < -0.4 is 20.0 Å². The van der Waals surface area contributed by atoms with Crippen LogP contribution in [0.3, 0.4) is 0 Å². The first-order chi connectivity index (χ1) is 32.5. The quantitative estimate of drug-likeness (QED) is 0.111. The third-order valence-corrected chi connectivity index (χ3v) is 12.3. The molecule has 9 aromatic rings. The predicted molar refractivity (Wildman–Crippen MR) is 275 cm³/mol. The van der Waals surface area contributed by atoms with Crippen LogP contribution in [0, 0.1) is 18.8 Å². The number of nitrogens with zero attached hydrogens (tertiary/aromatic N) is 4. The molecule has 0 bridgehead atoms. The molecule has 1 saturated heterocycles. The fraction of sp³-hybridized carbons (Fsp3) is 0.143. The monoisotopic (exact) mass is 1070 g/mol. The van der Waals surface area contributed by atoms with Gasteiger partial charge >= 0.3 is 21.4 Å². The fourth-order valence-electron chi connectivity index (χ4n) is 8.93. The molecule has 0 aliphatic carbocycles. The van der Waals surface area contributed by atoms with Gasteiger partial charge < -0.3 is 32.8 Å². The smallest absolute Gasteiger partial charge is 0.466 e. The Labute approximate surface area is 414 Å². The summed E-state index contributed by atoms with van der Waals surface area (Å²) in [5, 5.41) is 1.63.